The number of nitrogens with one attached hydrogen (secondary N) is 1. The normalized spacial score (nSPS) is 11.9. The molecule has 3 aromatic rings. The fraction of sp³-hybridized carbons (Fsp3) is 0.273. The topological polar surface area (TPSA) is 76.4 Å². The van der Waals surface area contributed by atoms with E-state index in [1.807, 2.05) is 10.8 Å². The Morgan fingerprint density at radius 1 is 1.21 bits per heavy atom. The van der Waals surface area contributed by atoms with Crippen molar-refractivity contribution < 1.29 is 14.6 Å². The van der Waals surface area contributed by atoms with Crippen LogP contribution in [0.2, 0.25) is 0 Å². The van der Waals surface area contributed by atoms with E-state index in [2.05, 4.69) is 42.3 Å². The number of aliphatic hydroxyl groups is 1. The van der Waals surface area contributed by atoms with Crippen molar-refractivity contribution in [2.45, 2.75) is 25.1 Å². The minimum atomic E-state index is -0.771. The summed E-state index contributed by atoms with van der Waals surface area (Å²) < 4.78 is 7.08. The van der Waals surface area contributed by atoms with Gasteiger partial charge in [0.1, 0.15) is 5.75 Å². The molecule has 0 saturated heterocycles. The third-order valence-electron chi connectivity index (χ3n) is 4.42. The summed E-state index contributed by atoms with van der Waals surface area (Å²) in [7, 11) is 1.59. The molecule has 2 aromatic carbocycles. The minimum Gasteiger partial charge on any atom is -0.497 e. The number of aryl methyl sites for hydroxylation is 2. The third kappa shape index (κ3) is 5.62. The van der Waals surface area contributed by atoms with Crippen molar-refractivity contribution in [1.82, 2.24) is 14.9 Å². The van der Waals surface area contributed by atoms with E-state index in [-0.39, 0.29) is 18.2 Å². The molecule has 2 N–H and O–H groups in total. The maximum absolute atomic E-state index is 12.2. The number of nitrogens with zero attached hydrogens (tertiary/aromatic N) is 2. The zero-order chi connectivity index (χ0) is 20.8. The summed E-state index contributed by atoms with van der Waals surface area (Å²) in [6, 6.07) is 13.4. The van der Waals surface area contributed by atoms with E-state index >= 15 is 0 Å². The molecule has 29 heavy (non-hydrogen) atoms. The van der Waals surface area contributed by atoms with Crippen LogP contribution in [0.25, 0.3) is 5.69 Å². The predicted molar refractivity (Wildman–Crippen MR) is 115 cm³/mol. The van der Waals surface area contributed by atoms with E-state index in [9.17, 15) is 9.90 Å². The van der Waals surface area contributed by atoms with Gasteiger partial charge in [-0.1, -0.05) is 30.0 Å². The van der Waals surface area contributed by atoms with Gasteiger partial charge in [0.05, 0.1) is 19.0 Å². The number of carbonyl (C=O) groups is 1. The Balaban J connectivity index is 1.54. The molecule has 152 valence electrons. The Kier molecular flexibility index (Phi) is 6.95. The van der Waals surface area contributed by atoms with Crippen LogP contribution in [0.3, 0.4) is 0 Å². The Morgan fingerprint density at radius 2 is 1.90 bits per heavy atom. The van der Waals surface area contributed by atoms with Crippen LogP contribution >= 0.6 is 11.8 Å². The molecule has 0 fully saturated rings. The Hall–Kier alpha value is -2.77. The molecule has 1 atom stereocenters. The van der Waals surface area contributed by atoms with Gasteiger partial charge in [-0.25, -0.2) is 4.98 Å². The molecule has 1 heterocycles. The van der Waals surface area contributed by atoms with Gasteiger partial charge >= 0.3 is 0 Å². The number of thioether (sulfide) groups is 1. The van der Waals surface area contributed by atoms with Crippen LogP contribution in [-0.4, -0.2) is 40.0 Å². The summed E-state index contributed by atoms with van der Waals surface area (Å²) in [6.07, 6.45) is 2.85. The van der Waals surface area contributed by atoms with E-state index in [4.69, 9.17) is 4.74 Å². The van der Waals surface area contributed by atoms with Gasteiger partial charge in [0.15, 0.2) is 5.16 Å². The standard InChI is InChI=1S/C22H25N3O3S/c1-15-10-16(2)12-18(11-15)25-9-8-23-22(25)29-14-21(27)24-13-20(26)17-4-6-19(28-3)7-5-17/h4-12,20,26H,13-14H2,1-3H3,(H,24,27). The second-order valence-corrected chi connectivity index (χ2v) is 7.75. The van der Waals surface area contributed by atoms with Gasteiger partial charge in [-0.05, 0) is 54.8 Å². The predicted octanol–water partition coefficient (Wildman–Crippen LogP) is 3.44. The molecule has 1 unspecified atom stereocenters. The number of aromatic nitrogens is 2. The van der Waals surface area contributed by atoms with Crippen molar-refractivity contribution in [2.75, 3.05) is 19.4 Å². The number of aliphatic hydroxyl groups excluding tert-OH is 1. The van der Waals surface area contributed by atoms with Crippen molar-refractivity contribution >= 4 is 17.7 Å². The van der Waals surface area contributed by atoms with E-state index < -0.39 is 6.10 Å². The monoisotopic (exact) mass is 411 g/mol. The first-order chi connectivity index (χ1) is 14.0. The average molecular weight is 412 g/mol. The summed E-state index contributed by atoms with van der Waals surface area (Å²) in [5.74, 6) is 0.787. The van der Waals surface area contributed by atoms with Gasteiger partial charge in [0, 0.05) is 24.6 Å². The summed E-state index contributed by atoms with van der Waals surface area (Å²) >= 11 is 1.36. The number of methoxy groups -OCH3 is 1. The largest absolute Gasteiger partial charge is 0.497 e. The highest BCUT2D eigenvalue weighted by atomic mass is 32.2. The van der Waals surface area contributed by atoms with Crippen molar-refractivity contribution in [3.8, 4) is 11.4 Å². The number of amides is 1. The third-order valence-corrected chi connectivity index (χ3v) is 5.38. The molecule has 0 aliphatic heterocycles. The second kappa shape index (κ2) is 9.62. The number of imidazole rings is 1. The van der Waals surface area contributed by atoms with Crippen molar-refractivity contribution in [2.24, 2.45) is 0 Å². The van der Waals surface area contributed by atoms with Crippen LogP contribution in [0.15, 0.2) is 60.0 Å². The highest BCUT2D eigenvalue weighted by molar-refractivity contribution is 7.99. The summed E-state index contributed by atoms with van der Waals surface area (Å²) in [4.78, 5) is 16.6. The Labute approximate surface area is 174 Å². The number of ether oxygens (including phenoxy) is 1. The van der Waals surface area contributed by atoms with Crippen molar-refractivity contribution in [1.29, 1.82) is 0 Å². The lowest BCUT2D eigenvalue weighted by molar-refractivity contribution is -0.119. The maximum Gasteiger partial charge on any atom is 0.230 e. The lowest BCUT2D eigenvalue weighted by atomic mass is 10.1. The Morgan fingerprint density at radius 3 is 2.55 bits per heavy atom. The van der Waals surface area contributed by atoms with Crippen LogP contribution in [0.5, 0.6) is 5.75 Å². The molecule has 6 nitrogen and oxygen atoms in total. The molecule has 0 saturated carbocycles. The maximum atomic E-state index is 12.2. The number of hydrogen-bond donors (Lipinski definition) is 2. The van der Waals surface area contributed by atoms with E-state index in [1.165, 1.54) is 22.9 Å². The quantitative estimate of drug-likeness (QED) is 0.556. The number of benzene rings is 2. The SMILES string of the molecule is COc1ccc(C(O)CNC(=O)CSc2nccn2-c2cc(C)cc(C)c2)cc1. The highest BCUT2D eigenvalue weighted by Crippen LogP contribution is 2.22. The lowest BCUT2D eigenvalue weighted by Gasteiger charge is -2.13. The molecule has 3 rings (SSSR count). The molecular weight excluding hydrogens is 386 g/mol. The molecule has 1 amide bonds. The first kappa shape index (κ1) is 21.0. The van der Waals surface area contributed by atoms with Crippen LogP contribution in [0.1, 0.15) is 22.8 Å². The van der Waals surface area contributed by atoms with Gasteiger partial charge in [0.2, 0.25) is 5.91 Å². The molecular formula is C22H25N3O3S. The summed E-state index contributed by atoms with van der Waals surface area (Å²) in [5, 5.41) is 13.8. The highest BCUT2D eigenvalue weighted by Gasteiger charge is 2.12. The summed E-state index contributed by atoms with van der Waals surface area (Å²) in [6.45, 7) is 4.26. The summed E-state index contributed by atoms with van der Waals surface area (Å²) in [5.41, 5.74) is 4.10. The second-order valence-electron chi connectivity index (χ2n) is 6.81. The van der Waals surface area contributed by atoms with Gasteiger partial charge in [-0.2, -0.15) is 0 Å². The first-order valence-electron chi connectivity index (χ1n) is 9.30. The average Bonchev–Trinajstić information content (AvgIpc) is 3.18. The number of hydrogen-bond acceptors (Lipinski definition) is 5. The number of rotatable bonds is 8. The van der Waals surface area contributed by atoms with Crippen LogP contribution in [0, 0.1) is 13.8 Å². The van der Waals surface area contributed by atoms with E-state index in [0.717, 1.165) is 22.2 Å². The van der Waals surface area contributed by atoms with Gasteiger partial charge in [-0.3, -0.25) is 9.36 Å². The zero-order valence-corrected chi connectivity index (χ0v) is 17.6. The fourth-order valence-corrected chi connectivity index (χ4v) is 3.82. The van der Waals surface area contributed by atoms with Gasteiger partial charge in [0.25, 0.3) is 0 Å². The molecule has 0 spiro atoms. The van der Waals surface area contributed by atoms with E-state index in [1.54, 1.807) is 37.6 Å². The molecule has 0 radical (unpaired) electrons. The molecule has 0 aliphatic carbocycles. The zero-order valence-electron chi connectivity index (χ0n) is 16.8. The van der Waals surface area contributed by atoms with Gasteiger partial charge in [-0.15, -0.1) is 0 Å². The van der Waals surface area contributed by atoms with E-state index in [0.29, 0.717) is 0 Å². The fourth-order valence-electron chi connectivity index (χ4n) is 3.02. The molecule has 0 aliphatic rings. The lowest BCUT2D eigenvalue weighted by Crippen LogP contribution is -2.29. The van der Waals surface area contributed by atoms with Gasteiger partial charge < -0.3 is 15.2 Å². The van der Waals surface area contributed by atoms with Crippen LogP contribution < -0.4 is 10.1 Å². The smallest absolute Gasteiger partial charge is 0.230 e. The molecule has 1 aromatic heterocycles. The van der Waals surface area contributed by atoms with Crippen LogP contribution in [0.4, 0.5) is 0 Å². The Bertz CT molecular complexity index is 949. The number of carbonyl (C=O) groups excluding carboxylic acids is 1. The minimum absolute atomic E-state index is 0.150. The van der Waals surface area contributed by atoms with Crippen LogP contribution in [-0.2, 0) is 4.79 Å². The molecule has 0 bridgehead atoms. The molecule has 7 heteroatoms. The van der Waals surface area contributed by atoms with Crippen molar-refractivity contribution in [3.05, 3.63) is 71.5 Å². The van der Waals surface area contributed by atoms with Crippen molar-refractivity contribution in [3.63, 3.8) is 0 Å². The first-order valence-corrected chi connectivity index (χ1v) is 10.3.